The van der Waals surface area contributed by atoms with Crippen LogP contribution < -0.4 is 5.32 Å². The first-order valence-electron chi connectivity index (χ1n) is 7.51. The first-order valence-corrected chi connectivity index (χ1v) is 7.51. The molecule has 1 heterocycles. The van der Waals surface area contributed by atoms with E-state index in [9.17, 15) is 18.4 Å². The summed E-state index contributed by atoms with van der Waals surface area (Å²) in [5.74, 6) is -1.73. The van der Waals surface area contributed by atoms with Crippen molar-refractivity contribution >= 4 is 28.4 Å². The monoisotopic (exact) mass is 343 g/mol. The fourth-order valence-electron chi connectivity index (χ4n) is 2.48. The highest BCUT2D eigenvalue weighted by atomic mass is 19.1. The molecule has 1 aromatic heterocycles. The molecular weight excluding hydrogens is 328 g/mol. The predicted molar refractivity (Wildman–Crippen MR) is 90.2 cm³/mol. The Morgan fingerprint density at radius 2 is 1.84 bits per heavy atom. The number of nitrogens with one attached hydrogen (secondary N) is 2. The third kappa shape index (κ3) is 3.82. The number of halogens is 2. The normalized spacial score (nSPS) is 10.7. The minimum Gasteiger partial charge on any atom is -0.351 e. The first-order chi connectivity index (χ1) is 11.9. The maximum absolute atomic E-state index is 13.2. The lowest BCUT2D eigenvalue weighted by Crippen LogP contribution is -2.35. The van der Waals surface area contributed by atoms with Crippen LogP contribution in [0.5, 0.6) is 0 Å². The van der Waals surface area contributed by atoms with E-state index < -0.39 is 23.4 Å². The van der Waals surface area contributed by atoms with E-state index in [1.165, 1.54) is 54.4 Å². The Morgan fingerprint density at radius 3 is 2.60 bits per heavy atom. The van der Waals surface area contributed by atoms with Crippen LogP contribution in [0, 0.1) is 11.6 Å². The number of anilines is 1. The Morgan fingerprint density at radius 1 is 1.08 bits per heavy atom. The van der Waals surface area contributed by atoms with Crippen molar-refractivity contribution in [1.82, 2.24) is 9.88 Å². The van der Waals surface area contributed by atoms with E-state index in [0.717, 1.165) is 0 Å². The summed E-state index contributed by atoms with van der Waals surface area (Å²) in [6.07, 6.45) is 0. The van der Waals surface area contributed by atoms with Gasteiger partial charge in [0, 0.05) is 23.6 Å². The van der Waals surface area contributed by atoms with Crippen LogP contribution in [-0.2, 0) is 4.79 Å². The van der Waals surface area contributed by atoms with Gasteiger partial charge in [-0.15, -0.1) is 0 Å². The van der Waals surface area contributed by atoms with Crippen LogP contribution in [0.25, 0.3) is 10.9 Å². The van der Waals surface area contributed by atoms with Crippen LogP contribution in [-0.4, -0.2) is 35.3 Å². The van der Waals surface area contributed by atoms with E-state index in [1.807, 2.05) is 0 Å². The molecule has 0 saturated heterocycles. The zero-order chi connectivity index (χ0) is 18.0. The second-order valence-electron chi connectivity index (χ2n) is 5.63. The summed E-state index contributed by atoms with van der Waals surface area (Å²) in [5.41, 5.74) is 1.19. The minimum absolute atomic E-state index is 0.209. The molecule has 128 valence electrons. The Hall–Kier alpha value is -3.22. The van der Waals surface area contributed by atoms with Crippen molar-refractivity contribution in [3.05, 3.63) is 65.9 Å². The van der Waals surface area contributed by atoms with Crippen LogP contribution in [0.1, 0.15) is 10.5 Å². The highest BCUT2D eigenvalue weighted by Crippen LogP contribution is 2.17. The molecule has 25 heavy (non-hydrogen) atoms. The van der Waals surface area contributed by atoms with Crippen molar-refractivity contribution in [2.75, 3.05) is 18.9 Å². The van der Waals surface area contributed by atoms with E-state index in [2.05, 4.69) is 10.3 Å². The summed E-state index contributed by atoms with van der Waals surface area (Å²) >= 11 is 0. The minimum atomic E-state index is -0.465. The largest absolute Gasteiger partial charge is 0.351 e. The van der Waals surface area contributed by atoms with Crippen molar-refractivity contribution in [3.8, 4) is 0 Å². The zero-order valence-corrected chi connectivity index (χ0v) is 13.3. The van der Waals surface area contributed by atoms with Gasteiger partial charge in [0.05, 0.1) is 6.54 Å². The molecule has 2 amide bonds. The van der Waals surface area contributed by atoms with Crippen molar-refractivity contribution in [2.24, 2.45) is 0 Å². The van der Waals surface area contributed by atoms with Crippen LogP contribution in [0.15, 0.2) is 48.5 Å². The average molecular weight is 343 g/mol. The fraction of sp³-hybridized carbons (Fsp3) is 0.111. The molecule has 2 N–H and O–H groups in total. The smallest absolute Gasteiger partial charge is 0.270 e. The number of fused-ring (bicyclic) bond motifs is 1. The lowest BCUT2D eigenvalue weighted by Gasteiger charge is -2.16. The van der Waals surface area contributed by atoms with Crippen molar-refractivity contribution < 1.29 is 18.4 Å². The highest BCUT2D eigenvalue weighted by molar-refractivity contribution is 6.01. The second-order valence-corrected chi connectivity index (χ2v) is 5.63. The summed E-state index contributed by atoms with van der Waals surface area (Å²) in [6, 6.07) is 11.2. The quantitative estimate of drug-likeness (QED) is 0.764. The third-order valence-electron chi connectivity index (χ3n) is 3.65. The van der Waals surface area contributed by atoms with Gasteiger partial charge in [0.2, 0.25) is 5.91 Å². The summed E-state index contributed by atoms with van der Waals surface area (Å²) in [5, 5.41) is 3.09. The fourth-order valence-corrected chi connectivity index (χ4v) is 2.48. The van der Waals surface area contributed by atoms with Gasteiger partial charge in [-0.1, -0.05) is 6.07 Å². The molecule has 0 aliphatic heterocycles. The number of amides is 2. The van der Waals surface area contributed by atoms with Crippen LogP contribution >= 0.6 is 0 Å². The number of carbonyl (C=O) groups is 2. The zero-order valence-electron chi connectivity index (χ0n) is 13.3. The number of hydrogen-bond acceptors (Lipinski definition) is 2. The average Bonchev–Trinajstić information content (AvgIpc) is 2.96. The predicted octanol–water partition coefficient (Wildman–Crippen LogP) is 3.16. The van der Waals surface area contributed by atoms with E-state index in [-0.39, 0.29) is 12.2 Å². The Kier molecular flexibility index (Phi) is 4.47. The maximum atomic E-state index is 13.2. The summed E-state index contributed by atoms with van der Waals surface area (Å²) < 4.78 is 26.3. The van der Waals surface area contributed by atoms with Crippen molar-refractivity contribution in [1.29, 1.82) is 0 Å². The van der Waals surface area contributed by atoms with Crippen LogP contribution in [0.2, 0.25) is 0 Å². The third-order valence-corrected chi connectivity index (χ3v) is 3.65. The van der Waals surface area contributed by atoms with Gasteiger partial charge in [-0.3, -0.25) is 9.59 Å². The van der Waals surface area contributed by atoms with E-state index >= 15 is 0 Å². The molecule has 2 aromatic carbocycles. The maximum Gasteiger partial charge on any atom is 0.270 e. The number of aromatic nitrogens is 1. The van der Waals surface area contributed by atoms with Crippen LogP contribution in [0.4, 0.5) is 14.5 Å². The lowest BCUT2D eigenvalue weighted by molar-refractivity contribution is -0.116. The Balaban J connectivity index is 1.67. The molecule has 0 aliphatic rings. The molecule has 3 aromatic rings. The van der Waals surface area contributed by atoms with Gasteiger partial charge in [0.25, 0.3) is 5.91 Å². The molecule has 0 unspecified atom stereocenters. The van der Waals surface area contributed by atoms with Gasteiger partial charge in [-0.05, 0) is 42.5 Å². The molecule has 0 aliphatic carbocycles. The molecule has 0 bridgehead atoms. The van der Waals surface area contributed by atoms with E-state index in [1.54, 1.807) is 6.07 Å². The molecule has 0 radical (unpaired) electrons. The lowest BCUT2D eigenvalue weighted by atomic mass is 10.2. The number of carbonyl (C=O) groups excluding carboxylic acids is 2. The summed E-state index contributed by atoms with van der Waals surface area (Å²) in [7, 11) is 1.47. The molecule has 0 fully saturated rings. The number of aromatic amines is 1. The molecule has 5 nitrogen and oxygen atoms in total. The number of nitrogens with zero attached hydrogens (tertiary/aromatic N) is 1. The first kappa shape index (κ1) is 16.6. The van der Waals surface area contributed by atoms with Gasteiger partial charge in [-0.2, -0.15) is 0 Å². The van der Waals surface area contributed by atoms with Gasteiger partial charge < -0.3 is 15.2 Å². The van der Waals surface area contributed by atoms with Gasteiger partial charge in [0.1, 0.15) is 17.3 Å². The van der Waals surface area contributed by atoms with E-state index in [0.29, 0.717) is 16.6 Å². The number of rotatable bonds is 4. The van der Waals surface area contributed by atoms with Gasteiger partial charge in [0.15, 0.2) is 0 Å². The number of hydrogen-bond donors (Lipinski definition) is 2. The standard InChI is InChI=1S/C18H15F2N3O2/c1-23(10-17(24)21-14-4-2-3-12(19)9-14)18(25)16-8-11-7-13(20)5-6-15(11)22-16/h2-9,22H,10H2,1H3,(H,21,24). The molecule has 0 saturated carbocycles. The molecule has 0 atom stereocenters. The number of benzene rings is 2. The summed E-state index contributed by atoms with van der Waals surface area (Å²) in [4.78, 5) is 28.5. The Bertz CT molecular complexity index is 952. The molecular formula is C18H15F2N3O2. The second kappa shape index (κ2) is 6.72. The highest BCUT2D eigenvalue weighted by Gasteiger charge is 2.17. The molecule has 3 rings (SSSR count). The SMILES string of the molecule is CN(CC(=O)Nc1cccc(F)c1)C(=O)c1cc2cc(F)ccc2[nH]1. The van der Waals surface area contributed by atoms with Crippen molar-refractivity contribution in [3.63, 3.8) is 0 Å². The summed E-state index contributed by atoms with van der Waals surface area (Å²) in [6.45, 7) is -0.209. The Labute approximate surface area is 142 Å². The van der Waals surface area contributed by atoms with Crippen molar-refractivity contribution in [2.45, 2.75) is 0 Å². The molecule has 7 heteroatoms. The van der Waals surface area contributed by atoms with Gasteiger partial charge >= 0.3 is 0 Å². The molecule has 0 spiro atoms. The van der Waals surface area contributed by atoms with Crippen LogP contribution in [0.3, 0.4) is 0 Å². The number of likely N-dealkylation sites (N-methyl/N-ethyl adjacent to an activating group) is 1. The topological polar surface area (TPSA) is 65.2 Å². The van der Waals surface area contributed by atoms with Gasteiger partial charge in [-0.25, -0.2) is 8.78 Å². The van der Waals surface area contributed by atoms with E-state index in [4.69, 9.17) is 0 Å². The number of H-pyrrole nitrogens is 1.